The van der Waals surface area contributed by atoms with Gasteiger partial charge < -0.3 is 19.9 Å². The number of aliphatic hydroxyl groups is 2. The zero-order chi connectivity index (χ0) is 14.7. The Morgan fingerprint density at radius 2 is 2.00 bits per heavy atom. The Bertz CT molecular complexity index is 630. The molecule has 0 aliphatic heterocycles. The van der Waals surface area contributed by atoms with E-state index in [0.717, 1.165) is 28.5 Å². The minimum atomic E-state index is -0.946. The van der Waals surface area contributed by atoms with Crippen molar-refractivity contribution in [3.05, 3.63) is 35.0 Å². The normalized spacial score (nSPS) is 11.2. The van der Waals surface area contributed by atoms with E-state index in [1.165, 1.54) is 0 Å². The van der Waals surface area contributed by atoms with Crippen LogP contribution in [0.5, 0.6) is 0 Å². The summed E-state index contributed by atoms with van der Waals surface area (Å²) in [6, 6.07) is 3.53. The summed E-state index contributed by atoms with van der Waals surface area (Å²) in [6.07, 6.45) is 3.33. The highest BCUT2D eigenvalue weighted by atomic mass is 16.4. The fourth-order valence-electron chi connectivity index (χ4n) is 2.51. The summed E-state index contributed by atoms with van der Waals surface area (Å²) in [6.45, 7) is 2.33. The molecule has 0 aliphatic carbocycles. The van der Waals surface area contributed by atoms with Crippen LogP contribution in [0.2, 0.25) is 0 Å². The van der Waals surface area contributed by atoms with Crippen LogP contribution in [0.25, 0.3) is 10.9 Å². The van der Waals surface area contributed by atoms with Crippen molar-refractivity contribution in [2.24, 2.45) is 0 Å². The lowest BCUT2D eigenvalue weighted by Gasteiger charge is -2.06. The Morgan fingerprint density at radius 3 is 2.60 bits per heavy atom. The van der Waals surface area contributed by atoms with Crippen molar-refractivity contribution in [3.63, 3.8) is 0 Å². The predicted molar refractivity (Wildman–Crippen MR) is 76.1 cm³/mol. The minimum Gasteiger partial charge on any atom is -0.478 e. The molecule has 0 radical (unpaired) electrons. The molecule has 5 nitrogen and oxygen atoms in total. The number of aromatic carboxylic acids is 1. The number of carboxylic acids is 1. The highest BCUT2D eigenvalue weighted by Gasteiger charge is 2.14. The molecule has 0 unspecified atom stereocenters. The lowest BCUT2D eigenvalue weighted by molar-refractivity contribution is 0.0696. The van der Waals surface area contributed by atoms with Gasteiger partial charge in [-0.05, 0) is 43.0 Å². The molecule has 2 aromatic rings. The summed E-state index contributed by atoms with van der Waals surface area (Å²) < 4.78 is 1.87. The molecule has 0 amide bonds. The summed E-state index contributed by atoms with van der Waals surface area (Å²) in [5.74, 6) is -0.946. The Hall–Kier alpha value is -1.85. The summed E-state index contributed by atoms with van der Waals surface area (Å²) >= 11 is 0. The molecule has 1 aromatic carbocycles. The standard InChI is InChI=1S/C15H19NO4/c1-10-7-13-11(3-2-5-17)9-16(4-6-18)14(13)8-12(10)15(19)20/h7-9,17-18H,2-6H2,1H3,(H,19,20). The van der Waals surface area contributed by atoms with E-state index >= 15 is 0 Å². The predicted octanol–water partition coefficient (Wildman–Crippen LogP) is 1.57. The van der Waals surface area contributed by atoms with Gasteiger partial charge in [-0.1, -0.05) is 0 Å². The number of rotatable bonds is 6. The maximum atomic E-state index is 11.2. The number of aryl methyl sites for hydroxylation is 2. The Morgan fingerprint density at radius 1 is 1.25 bits per heavy atom. The van der Waals surface area contributed by atoms with Gasteiger partial charge in [0, 0.05) is 30.3 Å². The quantitative estimate of drug-likeness (QED) is 0.748. The molecule has 5 heteroatoms. The van der Waals surface area contributed by atoms with Gasteiger partial charge in [0.15, 0.2) is 0 Å². The lowest BCUT2D eigenvalue weighted by atomic mass is 10.0. The van der Waals surface area contributed by atoms with Crippen LogP contribution < -0.4 is 0 Å². The van der Waals surface area contributed by atoms with Crippen molar-refractivity contribution in [1.29, 1.82) is 0 Å². The lowest BCUT2D eigenvalue weighted by Crippen LogP contribution is -2.03. The zero-order valence-corrected chi connectivity index (χ0v) is 11.5. The first-order chi connectivity index (χ1) is 9.58. The molecule has 0 aliphatic rings. The third-order valence-electron chi connectivity index (χ3n) is 3.49. The number of nitrogens with zero attached hydrogens (tertiary/aromatic N) is 1. The van der Waals surface area contributed by atoms with E-state index in [-0.39, 0.29) is 18.8 Å². The van der Waals surface area contributed by atoms with E-state index in [2.05, 4.69) is 0 Å². The number of benzene rings is 1. The second kappa shape index (κ2) is 6.07. The number of fused-ring (bicyclic) bond motifs is 1. The highest BCUT2D eigenvalue weighted by molar-refractivity contribution is 5.96. The molecular formula is C15H19NO4. The summed E-state index contributed by atoms with van der Waals surface area (Å²) in [5, 5.41) is 28.3. The summed E-state index contributed by atoms with van der Waals surface area (Å²) in [7, 11) is 0. The number of hydrogen-bond donors (Lipinski definition) is 3. The van der Waals surface area contributed by atoms with Crippen molar-refractivity contribution in [1.82, 2.24) is 4.57 Å². The van der Waals surface area contributed by atoms with Crippen molar-refractivity contribution < 1.29 is 20.1 Å². The number of aliphatic hydroxyl groups excluding tert-OH is 2. The van der Waals surface area contributed by atoms with Gasteiger partial charge >= 0.3 is 5.97 Å². The molecule has 20 heavy (non-hydrogen) atoms. The van der Waals surface area contributed by atoms with E-state index in [9.17, 15) is 9.90 Å². The average molecular weight is 277 g/mol. The van der Waals surface area contributed by atoms with Crippen LogP contribution in [0, 0.1) is 6.92 Å². The molecule has 2 rings (SSSR count). The van der Waals surface area contributed by atoms with Crippen LogP contribution >= 0.6 is 0 Å². The molecule has 108 valence electrons. The molecule has 0 bridgehead atoms. The van der Waals surface area contributed by atoms with E-state index < -0.39 is 5.97 Å². The third kappa shape index (κ3) is 2.69. The molecule has 0 saturated heterocycles. The van der Waals surface area contributed by atoms with Crippen LogP contribution in [-0.4, -0.2) is 39.1 Å². The molecule has 0 fully saturated rings. The minimum absolute atomic E-state index is 0.000495. The Balaban J connectivity index is 2.59. The first-order valence-electron chi connectivity index (χ1n) is 6.66. The SMILES string of the molecule is Cc1cc2c(CCCO)cn(CCO)c2cc1C(=O)O. The fourth-order valence-corrected chi connectivity index (χ4v) is 2.51. The van der Waals surface area contributed by atoms with Crippen molar-refractivity contribution >= 4 is 16.9 Å². The third-order valence-corrected chi connectivity index (χ3v) is 3.49. The largest absolute Gasteiger partial charge is 0.478 e. The van der Waals surface area contributed by atoms with Crippen LogP contribution in [0.4, 0.5) is 0 Å². The van der Waals surface area contributed by atoms with Crippen molar-refractivity contribution in [3.8, 4) is 0 Å². The van der Waals surface area contributed by atoms with E-state index in [0.29, 0.717) is 13.0 Å². The van der Waals surface area contributed by atoms with Crippen LogP contribution in [-0.2, 0) is 13.0 Å². The van der Waals surface area contributed by atoms with E-state index in [4.69, 9.17) is 10.2 Å². The van der Waals surface area contributed by atoms with Gasteiger partial charge in [-0.25, -0.2) is 4.79 Å². The first-order valence-corrected chi connectivity index (χ1v) is 6.66. The monoisotopic (exact) mass is 277 g/mol. The van der Waals surface area contributed by atoms with Gasteiger partial charge in [-0.2, -0.15) is 0 Å². The Labute approximate surface area is 117 Å². The highest BCUT2D eigenvalue weighted by Crippen LogP contribution is 2.26. The van der Waals surface area contributed by atoms with Gasteiger partial charge in [0.25, 0.3) is 0 Å². The Kier molecular flexibility index (Phi) is 4.42. The van der Waals surface area contributed by atoms with Gasteiger partial charge in [0.05, 0.1) is 12.2 Å². The number of carbonyl (C=O) groups is 1. The molecule has 0 atom stereocenters. The second-order valence-electron chi connectivity index (χ2n) is 4.89. The fraction of sp³-hybridized carbons (Fsp3) is 0.400. The van der Waals surface area contributed by atoms with Crippen LogP contribution in [0.15, 0.2) is 18.3 Å². The summed E-state index contributed by atoms with van der Waals surface area (Å²) in [5.41, 5.74) is 2.89. The molecule has 0 spiro atoms. The molecular weight excluding hydrogens is 258 g/mol. The van der Waals surface area contributed by atoms with Crippen LogP contribution in [0.3, 0.4) is 0 Å². The van der Waals surface area contributed by atoms with Gasteiger partial charge in [-0.15, -0.1) is 0 Å². The van der Waals surface area contributed by atoms with E-state index in [1.807, 2.05) is 16.8 Å². The molecule has 1 heterocycles. The number of aromatic nitrogens is 1. The molecule has 1 aromatic heterocycles. The van der Waals surface area contributed by atoms with Crippen molar-refractivity contribution in [2.75, 3.05) is 13.2 Å². The van der Waals surface area contributed by atoms with E-state index in [1.54, 1.807) is 13.0 Å². The van der Waals surface area contributed by atoms with Gasteiger partial charge in [-0.3, -0.25) is 0 Å². The second-order valence-corrected chi connectivity index (χ2v) is 4.89. The maximum Gasteiger partial charge on any atom is 0.336 e. The van der Waals surface area contributed by atoms with Gasteiger partial charge in [0.1, 0.15) is 0 Å². The van der Waals surface area contributed by atoms with Crippen molar-refractivity contribution in [2.45, 2.75) is 26.3 Å². The smallest absolute Gasteiger partial charge is 0.336 e. The zero-order valence-electron chi connectivity index (χ0n) is 11.5. The number of hydrogen-bond acceptors (Lipinski definition) is 3. The molecule has 3 N–H and O–H groups in total. The average Bonchev–Trinajstić information content (AvgIpc) is 2.73. The molecule has 0 saturated carbocycles. The first kappa shape index (κ1) is 14.6. The maximum absolute atomic E-state index is 11.2. The number of carboxylic acid groups (broad SMARTS) is 1. The van der Waals surface area contributed by atoms with Gasteiger partial charge in [0.2, 0.25) is 0 Å². The summed E-state index contributed by atoms with van der Waals surface area (Å²) in [4.78, 5) is 11.2. The topological polar surface area (TPSA) is 82.7 Å². The van der Waals surface area contributed by atoms with Crippen LogP contribution in [0.1, 0.15) is 27.9 Å².